The molecule has 2 fully saturated rings. The minimum absolute atomic E-state index is 0.172. The van der Waals surface area contributed by atoms with Gasteiger partial charge in [-0.3, -0.25) is 14.4 Å². The van der Waals surface area contributed by atoms with Crippen LogP contribution in [0.1, 0.15) is 63.5 Å². The Labute approximate surface area is 159 Å². The first kappa shape index (κ1) is 18.2. The largest absolute Gasteiger partial charge is 0.462 e. The summed E-state index contributed by atoms with van der Waals surface area (Å²) in [6.45, 7) is 4.94. The van der Waals surface area contributed by atoms with Gasteiger partial charge in [-0.05, 0) is 54.4 Å². The summed E-state index contributed by atoms with van der Waals surface area (Å²) in [7, 11) is 0. The summed E-state index contributed by atoms with van der Waals surface area (Å²) >= 11 is 0. The third-order valence-corrected chi connectivity index (χ3v) is 6.98. The van der Waals surface area contributed by atoms with E-state index in [0.717, 1.165) is 24.8 Å². The number of esters is 2. The number of carbonyl (C=O) groups excluding carboxylic acids is 3. The molecule has 0 aromatic heterocycles. The molecule has 0 saturated heterocycles. The lowest BCUT2D eigenvalue weighted by molar-refractivity contribution is -0.155. The van der Waals surface area contributed by atoms with E-state index in [1.807, 2.05) is 12.1 Å². The molecular formula is C22H26O5. The molecule has 1 aromatic carbocycles. The van der Waals surface area contributed by atoms with Crippen molar-refractivity contribution in [2.24, 2.45) is 17.3 Å². The van der Waals surface area contributed by atoms with Crippen molar-refractivity contribution in [2.75, 3.05) is 0 Å². The molecule has 0 amide bonds. The van der Waals surface area contributed by atoms with Crippen LogP contribution in [0.2, 0.25) is 0 Å². The first-order chi connectivity index (χ1) is 12.8. The molecule has 0 bridgehead atoms. The molecule has 27 heavy (non-hydrogen) atoms. The van der Waals surface area contributed by atoms with Crippen LogP contribution in [-0.2, 0) is 25.5 Å². The summed E-state index contributed by atoms with van der Waals surface area (Å²) in [5.41, 5.74) is 2.05. The van der Waals surface area contributed by atoms with Gasteiger partial charge in [-0.25, -0.2) is 0 Å². The highest BCUT2D eigenvalue weighted by atomic mass is 16.5. The van der Waals surface area contributed by atoms with Gasteiger partial charge in [-0.2, -0.15) is 0 Å². The first-order valence-corrected chi connectivity index (χ1v) is 9.81. The van der Waals surface area contributed by atoms with Crippen LogP contribution in [0.25, 0.3) is 0 Å². The van der Waals surface area contributed by atoms with Gasteiger partial charge in [0, 0.05) is 38.0 Å². The second kappa shape index (κ2) is 6.47. The van der Waals surface area contributed by atoms with Crippen LogP contribution in [-0.4, -0.2) is 23.8 Å². The molecule has 2 saturated carbocycles. The lowest BCUT2D eigenvalue weighted by Gasteiger charge is -2.50. The predicted molar refractivity (Wildman–Crippen MR) is 98.3 cm³/mol. The van der Waals surface area contributed by atoms with Crippen LogP contribution >= 0.6 is 0 Å². The molecule has 0 heterocycles. The van der Waals surface area contributed by atoms with Crippen LogP contribution < -0.4 is 4.74 Å². The highest BCUT2D eigenvalue weighted by molar-refractivity contribution is 5.87. The van der Waals surface area contributed by atoms with Crippen molar-refractivity contribution in [2.45, 2.75) is 64.9 Å². The molecule has 1 aromatic rings. The average Bonchev–Trinajstić information content (AvgIpc) is 2.88. The summed E-state index contributed by atoms with van der Waals surface area (Å²) in [5, 5.41) is 0. The Bertz CT molecular complexity index is 813. The van der Waals surface area contributed by atoms with Gasteiger partial charge < -0.3 is 9.47 Å². The number of carbonyl (C=O) groups is 3. The van der Waals surface area contributed by atoms with Gasteiger partial charge in [-0.15, -0.1) is 0 Å². The Kier molecular flexibility index (Phi) is 4.36. The van der Waals surface area contributed by atoms with E-state index < -0.39 is 0 Å². The van der Waals surface area contributed by atoms with Crippen LogP contribution in [0.5, 0.6) is 5.75 Å². The maximum absolute atomic E-state index is 12.6. The molecule has 0 aliphatic heterocycles. The number of rotatable bonds is 2. The van der Waals surface area contributed by atoms with E-state index in [0.29, 0.717) is 24.4 Å². The summed E-state index contributed by atoms with van der Waals surface area (Å²) in [5.74, 6) is 0.962. The summed E-state index contributed by atoms with van der Waals surface area (Å²) in [4.78, 5) is 35.6. The molecule has 5 atom stereocenters. The lowest BCUT2D eigenvalue weighted by Crippen LogP contribution is -2.49. The Hall–Kier alpha value is -2.17. The van der Waals surface area contributed by atoms with Crippen molar-refractivity contribution in [1.29, 1.82) is 0 Å². The minimum Gasteiger partial charge on any atom is -0.462 e. The van der Waals surface area contributed by atoms with Crippen molar-refractivity contribution >= 4 is 17.7 Å². The summed E-state index contributed by atoms with van der Waals surface area (Å²) < 4.78 is 11.0. The van der Waals surface area contributed by atoms with Crippen molar-refractivity contribution in [3.8, 4) is 5.75 Å². The van der Waals surface area contributed by atoms with Gasteiger partial charge in [0.05, 0.1) is 0 Å². The van der Waals surface area contributed by atoms with Gasteiger partial charge >= 0.3 is 11.9 Å². The van der Waals surface area contributed by atoms with Crippen molar-refractivity contribution in [3.63, 3.8) is 0 Å². The maximum atomic E-state index is 12.6. The zero-order valence-electron chi connectivity index (χ0n) is 16.1. The number of ketones is 1. The molecule has 0 spiro atoms. The smallest absolute Gasteiger partial charge is 0.308 e. The molecular weight excluding hydrogens is 344 g/mol. The quantitative estimate of drug-likeness (QED) is 0.588. The fourth-order valence-electron chi connectivity index (χ4n) is 5.89. The zero-order chi connectivity index (χ0) is 19.3. The van der Waals surface area contributed by atoms with Crippen molar-refractivity contribution < 1.29 is 23.9 Å². The van der Waals surface area contributed by atoms with E-state index in [2.05, 4.69) is 13.0 Å². The highest BCUT2D eigenvalue weighted by Gasteiger charge is 2.57. The van der Waals surface area contributed by atoms with Gasteiger partial charge in [0.15, 0.2) is 0 Å². The van der Waals surface area contributed by atoms with E-state index in [4.69, 9.17) is 9.47 Å². The monoisotopic (exact) mass is 370 g/mol. The van der Waals surface area contributed by atoms with Crippen molar-refractivity contribution in [3.05, 3.63) is 29.3 Å². The Morgan fingerprint density at radius 1 is 1.15 bits per heavy atom. The van der Waals surface area contributed by atoms with Gasteiger partial charge in [0.1, 0.15) is 17.6 Å². The highest BCUT2D eigenvalue weighted by Crippen LogP contribution is 2.60. The second-order valence-electron chi connectivity index (χ2n) is 8.51. The Morgan fingerprint density at radius 2 is 1.93 bits per heavy atom. The van der Waals surface area contributed by atoms with Crippen LogP contribution in [0.3, 0.4) is 0 Å². The number of hydrogen-bond acceptors (Lipinski definition) is 5. The van der Waals surface area contributed by atoms with Gasteiger partial charge in [0.2, 0.25) is 0 Å². The fourth-order valence-corrected chi connectivity index (χ4v) is 5.89. The van der Waals surface area contributed by atoms with E-state index in [1.165, 1.54) is 19.4 Å². The topological polar surface area (TPSA) is 69.7 Å². The average molecular weight is 370 g/mol. The standard InChI is InChI=1S/C22H26O5/c1-12(23)26-15-4-5-16-14(10-15)11-19(27-13(2)24)21-17(16)8-9-22(3)18(21)6-7-20(22)25/h4-5,10,17-19,21H,6-9,11H2,1-3H3/t17-,18+,19?,21-,22+/m1/s1. The molecule has 0 radical (unpaired) electrons. The van der Waals surface area contributed by atoms with Crippen LogP contribution in [0, 0.1) is 17.3 Å². The molecule has 1 unspecified atom stereocenters. The Balaban J connectivity index is 1.74. The van der Waals surface area contributed by atoms with Gasteiger partial charge in [-0.1, -0.05) is 13.0 Å². The first-order valence-electron chi connectivity index (χ1n) is 9.81. The minimum atomic E-state index is -0.349. The van der Waals surface area contributed by atoms with Gasteiger partial charge in [0.25, 0.3) is 0 Å². The molecule has 3 aliphatic carbocycles. The SMILES string of the molecule is CC(=O)Oc1ccc2c(c1)CC(OC(C)=O)[C@@H]1[C@@H]2CC[C@]2(C)C(=O)CC[C@@H]12. The maximum Gasteiger partial charge on any atom is 0.308 e. The van der Waals surface area contributed by atoms with Crippen molar-refractivity contribution in [1.82, 2.24) is 0 Å². The third kappa shape index (κ3) is 2.97. The number of benzene rings is 1. The molecule has 0 N–H and O–H groups in total. The number of hydrogen-bond donors (Lipinski definition) is 0. The molecule has 3 aliphatic rings. The normalized spacial score (nSPS) is 34.3. The zero-order valence-corrected chi connectivity index (χ0v) is 16.1. The second-order valence-corrected chi connectivity index (χ2v) is 8.51. The van der Waals surface area contributed by atoms with Crippen LogP contribution in [0.15, 0.2) is 18.2 Å². The van der Waals surface area contributed by atoms with E-state index >= 15 is 0 Å². The molecule has 4 rings (SSSR count). The molecule has 5 heteroatoms. The van der Waals surface area contributed by atoms with E-state index in [9.17, 15) is 14.4 Å². The predicted octanol–water partition coefficient (Wildman–Crippen LogP) is 3.58. The molecule has 5 nitrogen and oxygen atoms in total. The summed E-state index contributed by atoms with van der Waals surface area (Å²) in [6.07, 6.45) is 3.69. The number of fused-ring (bicyclic) bond motifs is 5. The fraction of sp³-hybridized carbons (Fsp3) is 0.591. The number of ether oxygens (including phenoxy) is 2. The van der Waals surface area contributed by atoms with E-state index in [1.54, 1.807) is 0 Å². The third-order valence-electron chi connectivity index (χ3n) is 6.98. The lowest BCUT2D eigenvalue weighted by atomic mass is 9.55. The molecule has 144 valence electrons. The number of Topliss-reactive ketones (excluding diaryl/α,β-unsaturated/α-hetero) is 1. The summed E-state index contributed by atoms with van der Waals surface area (Å²) in [6, 6.07) is 5.79. The van der Waals surface area contributed by atoms with Crippen LogP contribution in [0.4, 0.5) is 0 Å². The van der Waals surface area contributed by atoms with E-state index in [-0.39, 0.29) is 41.2 Å². The Morgan fingerprint density at radius 3 is 2.63 bits per heavy atom.